The van der Waals surface area contributed by atoms with Crippen LogP contribution in [0.5, 0.6) is 0 Å². The predicted molar refractivity (Wildman–Crippen MR) is 84.0 cm³/mol. The van der Waals surface area contributed by atoms with Gasteiger partial charge in [0.15, 0.2) is 0 Å². The molecule has 0 saturated carbocycles. The minimum Gasteiger partial charge on any atom is -0.481 e. The Hall–Kier alpha value is -1.31. The molecular formula is C16H32O2. The first-order chi connectivity index (χ1) is 8.70. The molecule has 0 radical (unpaired) electrons. The molecule has 0 unspecified atom stereocenters. The first kappa shape index (κ1) is 25.5. The van der Waals surface area contributed by atoms with E-state index < -0.39 is 5.97 Å². The third-order valence-electron chi connectivity index (χ3n) is 1.44. The standard InChI is InChI=1S/C10H14O2.3C2H6/c1-3-5-6-9(4-2)7-8-10(11)12;3*1-2/h3-6H,1,7-8H2,2H3,(H,11,12);3*1-2H3/b6-5-,9-4+;;;. The van der Waals surface area contributed by atoms with E-state index in [2.05, 4.69) is 6.58 Å². The summed E-state index contributed by atoms with van der Waals surface area (Å²) < 4.78 is 0. The molecule has 0 spiro atoms. The van der Waals surface area contributed by atoms with Crippen LogP contribution in [0.2, 0.25) is 0 Å². The van der Waals surface area contributed by atoms with Crippen LogP contribution in [-0.2, 0) is 4.79 Å². The Morgan fingerprint density at radius 2 is 1.50 bits per heavy atom. The Kier molecular flexibility index (Phi) is 42.0. The monoisotopic (exact) mass is 256 g/mol. The van der Waals surface area contributed by atoms with Gasteiger partial charge < -0.3 is 5.11 Å². The van der Waals surface area contributed by atoms with Crippen molar-refractivity contribution in [1.29, 1.82) is 0 Å². The van der Waals surface area contributed by atoms with Crippen molar-refractivity contribution in [2.75, 3.05) is 0 Å². The summed E-state index contributed by atoms with van der Waals surface area (Å²) in [6.45, 7) is 17.4. The quantitative estimate of drug-likeness (QED) is 0.648. The predicted octanol–water partition coefficient (Wildman–Crippen LogP) is 5.62. The Labute approximate surface area is 114 Å². The molecule has 0 aliphatic rings. The topological polar surface area (TPSA) is 37.3 Å². The maximum Gasteiger partial charge on any atom is 0.303 e. The van der Waals surface area contributed by atoms with E-state index in [9.17, 15) is 4.79 Å². The van der Waals surface area contributed by atoms with E-state index in [4.69, 9.17) is 5.11 Å². The van der Waals surface area contributed by atoms with Gasteiger partial charge in [0.2, 0.25) is 0 Å². The van der Waals surface area contributed by atoms with Gasteiger partial charge in [-0.2, -0.15) is 0 Å². The average Bonchev–Trinajstić information content (AvgIpc) is 2.45. The Balaban J connectivity index is -0.000000141. The third kappa shape index (κ3) is 29.3. The van der Waals surface area contributed by atoms with Crippen molar-refractivity contribution in [3.63, 3.8) is 0 Å². The summed E-state index contributed by atoms with van der Waals surface area (Å²) in [7, 11) is 0. The van der Waals surface area contributed by atoms with Crippen LogP contribution in [0, 0.1) is 0 Å². The Morgan fingerprint density at radius 1 is 1.06 bits per heavy atom. The zero-order chi connectivity index (χ0) is 15.4. The molecule has 0 aromatic rings. The van der Waals surface area contributed by atoms with Crippen LogP contribution in [0.4, 0.5) is 0 Å². The summed E-state index contributed by atoms with van der Waals surface area (Å²) in [5.41, 5.74) is 1.03. The lowest BCUT2D eigenvalue weighted by molar-refractivity contribution is -0.136. The summed E-state index contributed by atoms with van der Waals surface area (Å²) >= 11 is 0. The first-order valence-corrected chi connectivity index (χ1v) is 6.86. The Morgan fingerprint density at radius 3 is 1.78 bits per heavy atom. The van der Waals surface area contributed by atoms with E-state index in [1.54, 1.807) is 12.2 Å². The molecule has 0 saturated heterocycles. The zero-order valence-corrected chi connectivity index (χ0v) is 13.3. The van der Waals surface area contributed by atoms with Crippen molar-refractivity contribution in [2.24, 2.45) is 0 Å². The molecule has 0 aliphatic carbocycles. The maximum absolute atomic E-state index is 10.2. The zero-order valence-electron chi connectivity index (χ0n) is 13.3. The van der Waals surface area contributed by atoms with E-state index in [0.29, 0.717) is 6.42 Å². The fourth-order valence-corrected chi connectivity index (χ4v) is 0.767. The van der Waals surface area contributed by atoms with Gasteiger partial charge in [-0.15, -0.1) is 0 Å². The highest BCUT2D eigenvalue weighted by molar-refractivity contribution is 5.67. The number of carbonyl (C=O) groups is 1. The smallest absolute Gasteiger partial charge is 0.303 e. The van der Waals surface area contributed by atoms with Gasteiger partial charge in [-0.3, -0.25) is 4.79 Å². The van der Waals surface area contributed by atoms with Gasteiger partial charge in [0.25, 0.3) is 0 Å². The second-order valence-electron chi connectivity index (χ2n) is 2.35. The summed E-state index contributed by atoms with van der Waals surface area (Å²) in [6, 6.07) is 0. The summed E-state index contributed by atoms with van der Waals surface area (Å²) in [5.74, 6) is -0.763. The van der Waals surface area contributed by atoms with Crippen molar-refractivity contribution < 1.29 is 9.90 Å². The van der Waals surface area contributed by atoms with Crippen molar-refractivity contribution in [2.45, 2.75) is 61.3 Å². The Bertz CT molecular complexity index is 213. The molecule has 0 aromatic heterocycles. The fourth-order valence-electron chi connectivity index (χ4n) is 0.767. The number of carboxylic acids is 1. The molecule has 0 rings (SSSR count). The van der Waals surface area contributed by atoms with Crippen LogP contribution in [0.25, 0.3) is 0 Å². The highest BCUT2D eigenvalue weighted by Gasteiger charge is 1.97. The van der Waals surface area contributed by atoms with E-state index in [1.165, 1.54) is 0 Å². The summed E-state index contributed by atoms with van der Waals surface area (Å²) in [4.78, 5) is 10.2. The number of allylic oxidation sites excluding steroid dienone is 5. The number of carboxylic acid groups (broad SMARTS) is 1. The summed E-state index contributed by atoms with van der Waals surface area (Å²) in [5, 5.41) is 8.41. The van der Waals surface area contributed by atoms with Gasteiger partial charge in [-0.1, -0.05) is 78.0 Å². The molecular weight excluding hydrogens is 224 g/mol. The lowest BCUT2D eigenvalue weighted by Gasteiger charge is -1.96. The lowest BCUT2D eigenvalue weighted by atomic mass is 10.1. The average molecular weight is 256 g/mol. The van der Waals surface area contributed by atoms with E-state index >= 15 is 0 Å². The van der Waals surface area contributed by atoms with Crippen LogP contribution in [0.3, 0.4) is 0 Å². The van der Waals surface area contributed by atoms with E-state index in [-0.39, 0.29) is 6.42 Å². The van der Waals surface area contributed by atoms with Gasteiger partial charge in [0.1, 0.15) is 0 Å². The number of rotatable bonds is 5. The maximum atomic E-state index is 10.2. The van der Waals surface area contributed by atoms with E-state index in [1.807, 2.05) is 60.6 Å². The van der Waals surface area contributed by atoms with Crippen LogP contribution < -0.4 is 0 Å². The molecule has 18 heavy (non-hydrogen) atoms. The molecule has 2 nitrogen and oxygen atoms in total. The van der Waals surface area contributed by atoms with Crippen LogP contribution in [0.1, 0.15) is 61.3 Å². The molecule has 0 aromatic carbocycles. The van der Waals surface area contributed by atoms with Crippen LogP contribution in [-0.4, -0.2) is 11.1 Å². The van der Waals surface area contributed by atoms with Gasteiger partial charge in [0, 0.05) is 6.42 Å². The molecule has 108 valence electrons. The number of aliphatic carboxylic acids is 1. The number of hydrogen-bond acceptors (Lipinski definition) is 1. The largest absolute Gasteiger partial charge is 0.481 e. The second kappa shape index (κ2) is 29.6. The first-order valence-electron chi connectivity index (χ1n) is 6.86. The van der Waals surface area contributed by atoms with Crippen molar-refractivity contribution >= 4 is 5.97 Å². The van der Waals surface area contributed by atoms with Crippen molar-refractivity contribution in [3.8, 4) is 0 Å². The molecule has 0 aliphatic heterocycles. The normalized spacial score (nSPS) is 8.94. The van der Waals surface area contributed by atoms with Gasteiger partial charge in [0.05, 0.1) is 0 Å². The van der Waals surface area contributed by atoms with Crippen LogP contribution >= 0.6 is 0 Å². The van der Waals surface area contributed by atoms with Gasteiger partial charge in [-0.25, -0.2) is 0 Å². The molecule has 0 fully saturated rings. The minimum atomic E-state index is -0.763. The highest BCUT2D eigenvalue weighted by Crippen LogP contribution is 2.06. The fraction of sp³-hybridized carbons (Fsp3) is 0.562. The molecule has 0 bridgehead atoms. The molecule has 2 heteroatoms. The number of hydrogen-bond donors (Lipinski definition) is 1. The molecule has 0 atom stereocenters. The molecule has 0 amide bonds. The molecule has 0 heterocycles. The molecule has 1 N–H and O–H groups in total. The van der Waals surface area contributed by atoms with E-state index in [0.717, 1.165) is 5.57 Å². The van der Waals surface area contributed by atoms with Crippen molar-refractivity contribution in [3.05, 3.63) is 36.5 Å². The summed E-state index contributed by atoms with van der Waals surface area (Å²) in [6.07, 6.45) is 8.01. The van der Waals surface area contributed by atoms with Crippen molar-refractivity contribution in [1.82, 2.24) is 0 Å². The lowest BCUT2D eigenvalue weighted by Crippen LogP contribution is -1.94. The SMILES string of the molecule is C=C/C=C\C(=C/C)CCC(=O)O.CC.CC.CC. The third-order valence-corrected chi connectivity index (χ3v) is 1.44. The van der Waals surface area contributed by atoms with Crippen LogP contribution in [0.15, 0.2) is 36.5 Å². The highest BCUT2D eigenvalue weighted by atomic mass is 16.4. The second-order valence-corrected chi connectivity index (χ2v) is 2.35. The minimum absolute atomic E-state index is 0.182. The van der Waals surface area contributed by atoms with Gasteiger partial charge in [-0.05, 0) is 13.3 Å². The van der Waals surface area contributed by atoms with Gasteiger partial charge >= 0.3 is 5.97 Å².